The molecule has 2 aromatic rings. The summed E-state index contributed by atoms with van der Waals surface area (Å²) in [6.45, 7) is 4.21. The molecular formula is C14H14N2. The van der Waals surface area contributed by atoms with Crippen molar-refractivity contribution in [2.24, 2.45) is 0 Å². The van der Waals surface area contributed by atoms with Crippen molar-refractivity contribution in [3.8, 4) is 11.1 Å². The van der Waals surface area contributed by atoms with Crippen LogP contribution in [0.4, 0.5) is 11.4 Å². The number of rotatable bonds is 0. The first kappa shape index (κ1) is 9.28. The fraction of sp³-hybridized carbons (Fsp3) is 0.143. The van der Waals surface area contributed by atoms with E-state index in [2.05, 4.69) is 61.1 Å². The Kier molecular flexibility index (Phi) is 1.90. The smallest absolute Gasteiger partial charge is 0.0621 e. The molecule has 2 heteroatoms. The maximum absolute atomic E-state index is 3.24. The number of benzene rings is 2. The van der Waals surface area contributed by atoms with Crippen LogP contribution < -0.4 is 10.9 Å². The minimum atomic E-state index is 1.15. The van der Waals surface area contributed by atoms with Gasteiger partial charge in [-0.2, -0.15) is 0 Å². The van der Waals surface area contributed by atoms with E-state index in [0.717, 1.165) is 11.4 Å². The summed E-state index contributed by atoms with van der Waals surface area (Å²) in [7, 11) is 0. The van der Waals surface area contributed by atoms with Crippen molar-refractivity contribution in [2.75, 3.05) is 10.9 Å². The molecule has 2 aromatic carbocycles. The molecular weight excluding hydrogens is 196 g/mol. The molecule has 3 rings (SSSR count). The molecule has 80 valence electrons. The third-order valence-corrected chi connectivity index (χ3v) is 2.97. The zero-order valence-electron chi connectivity index (χ0n) is 9.46. The van der Waals surface area contributed by atoms with Crippen molar-refractivity contribution in [3.63, 3.8) is 0 Å². The fourth-order valence-corrected chi connectivity index (χ4v) is 2.13. The Hall–Kier alpha value is -1.96. The maximum atomic E-state index is 3.24. The third-order valence-electron chi connectivity index (χ3n) is 2.97. The Morgan fingerprint density at radius 2 is 1.12 bits per heavy atom. The van der Waals surface area contributed by atoms with Crippen LogP contribution in [0, 0.1) is 13.8 Å². The fourth-order valence-electron chi connectivity index (χ4n) is 2.13. The third kappa shape index (κ3) is 1.34. The van der Waals surface area contributed by atoms with Gasteiger partial charge in [0.25, 0.3) is 0 Å². The van der Waals surface area contributed by atoms with Crippen molar-refractivity contribution in [2.45, 2.75) is 13.8 Å². The monoisotopic (exact) mass is 210 g/mol. The van der Waals surface area contributed by atoms with Gasteiger partial charge in [-0.05, 0) is 37.1 Å². The van der Waals surface area contributed by atoms with Gasteiger partial charge in [0.2, 0.25) is 0 Å². The topological polar surface area (TPSA) is 24.1 Å². The summed E-state index contributed by atoms with van der Waals surface area (Å²) in [4.78, 5) is 0. The molecule has 0 radical (unpaired) electrons. The van der Waals surface area contributed by atoms with E-state index in [-0.39, 0.29) is 0 Å². The molecule has 2 N–H and O–H groups in total. The van der Waals surface area contributed by atoms with Crippen molar-refractivity contribution in [1.82, 2.24) is 0 Å². The standard InChI is InChI=1S/C14H14N2/c1-9-3-5-11-12-6-4-10(2)8-14(12)16-15-13(11)7-9/h3-8,15-16H,1-2H3. The van der Waals surface area contributed by atoms with Crippen molar-refractivity contribution in [1.29, 1.82) is 0 Å². The highest BCUT2D eigenvalue weighted by Gasteiger charge is 2.14. The Morgan fingerprint density at radius 1 is 0.688 bits per heavy atom. The zero-order chi connectivity index (χ0) is 11.1. The summed E-state index contributed by atoms with van der Waals surface area (Å²) in [6, 6.07) is 13.0. The van der Waals surface area contributed by atoms with E-state index in [1.165, 1.54) is 22.3 Å². The normalized spacial score (nSPS) is 12.1. The molecule has 0 fully saturated rings. The number of hydrazine groups is 1. The zero-order valence-corrected chi connectivity index (χ0v) is 9.46. The molecule has 1 heterocycles. The Bertz CT molecular complexity index is 507. The lowest BCUT2D eigenvalue weighted by Gasteiger charge is -2.23. The molecule has 0 unspecified atom stereocenters. The van der Waals surface area contributed by atoms with Crippen LogP contribution in [-0.2, 0) is 0 Å². The summed E-state index contributed by atoms with van der Waals surface area (Å²) in [6.07, 6.45) is 0. The van der Waals surface area contributed by atoms with Gasteiger partial charge in [-0.25, -0.2) is 0 Å². The maximum Gasteiger partial charge on any atom is 0.0621 e. The lowest BCUT2D eigenvalue weighted by atomic mass is 9.98. The molecule has 0 atom stereocenters. The van der Waals surface area contributed by atoms with Gasteiger partial charge in [-0.3, -0.25) is 0 Å². The minimum Gasteiger partial charge on any atom is -0.300 e. The van der Waals surface area contributed by atoms with E-state index in [0.29, 0.717) is 0 Å². The molecule has 0 bridgehead atoms. The van der Waals surface area contributed by atoms with Crippen LogP contribution in [0.3, 0.4) is 0 Å². The highest BCUT2D eigenvalue weighted by atomic mass is 15.4. The molecule has 0 spiro atoms. The van der Waals surface area contributed by atoms with E-state index < -0.39 is 0 Å². The van der Waals surface area contributed by atoms with E-state index >= 15 is 0 Å². The number of nitrogens with one attached hydrogen (secondary N) is 2. The molecule has 1 aliphatic heterocycles. The summed E-state index contributed by atoms with van der Waals surface area (Å²) >= 11 is 0. The second-order valence-electron chi connectivity index (χ2n) is 4.35. The number of fused-ring (bicyclic) bond motifs is 3. The van der Waals surface area contributed by atoms with Crippen LogP contribution in [0.15, 0.2) is 36.4 Å². The number of hydrogen-bond donors (Lipinski definition) is 2. The SMILES string of the molecule is Cc1ccc2c(c1)NNc1cc(C)ccc1-2. The predicted molar refractivity (Wildman–Crippen MR) is 68.6 cm³/mol. The van der Waals surface area contributed by atoms with E-state index in [1.807, 2.05) is 0 Å². The quantitative estimate of drug-likeness (QED) is 0.692. The van der Waals surface area contributed by atoms with Gasteiger partial charge in [0, 0.05) is 11.1 Å². The molecule has 16 heavy (non-hydrogen) atoms. The summed E-state index contributed by atoms with van der Waals surface area (Å²) in [5.74, 6) is 0. The van der Waals surface area contributed by atoms with Crippen LogP contribution >= 0.6 is 0 Å². The highest BCUT2D eigenvalue weighted by Crippen LogP contribution is 2.37. The number of hydrogen-bond acceptors (Lipinski definition) is 2. The lowest BCUT2D eigenvalue weighted by molar-refractivity contribution is 1.33. The number of aryl methyl sites for hydroxylation is 2. The molecule has 0 amide bonds. The molecule has 0 saturated carbocycles. The van der Waals surface area contributed by atoms with Gasteiger partial charge < -0.3 is 10.9 Å². The molecule has 0 aliphatic carbocycles. The van der Waals surface area contributed by atoms with E-state index in [4.69, 9.17) is 0 Å². The Balaban J connectivity index is 2.23. The predicted octanol–water partition coefficient (Wildman–Crippen LogP) is 3.72. The lowest BCUT2D eigenvalue weighted by Crippen LogP contribution is -2.15. The largest absolute Gasteiger partial charge is 0.300 e. The molecule has 0 aromatic heterocycles. The van der Waals surface area contributed by atoms with Crippen LogP contribution in [0.2, 0.25) is 0 Å². The Labute approximate surface area is 95.3 Å². The summed E-state index contributed by atoms with van der Waals surface area (Å²) in [5.41, 5.74) is 13.8. The summed E-state index contributed by atoms with van der Waals surface area (Å²) in [5, 5.41) is 0. The van der Waals surface area contributed by atoms with Gasteiger partial charge in [-0.15, -0.1) is 0 Å². The molecule has 2 nitrogen and oxygen atoms in total. The highest BCUT2D eigenvalue weighted by molar-refractivity contribution is 5.90. The van der Waals surface area contributed by atoms with Crippen molar-refractivity contribution in [3.05, 3.63) is 47.5 Å². The second-order valence-corrected chi connectivity index (χ2v) is 4.35. The average molecular weight is 210 g/mol. The Morgan fingerprint density at radius 3 is 1.56 bits per heavy atom. The first-order valence-electron chi connectivity index (χ1n) is 5.48. The van der Waals surface area contributed by atoms with Crippen LogP contribution in [0.25, 0.3) is 11.1 Å². The molecule has 0 saturated heterocycles. The van der Waals surface area contributed by atoms with Gasteiger partial charge in [0.05, 0.1) is 11.4 Å². The molecule has 1 aliphatic rings. The van der Waals surface area contributed by atoms with Crippen LogP contribution in [0.1, 0.15) is 11.1 Å². The van der Waals surface area contributed by atoms with E-state index in [1.54, 1.807) is 0 Å². The van der Waals surface area contributed by atoms with Crippen LogP contribution in [0.5, 0.6) is 0 Å². The average Bonchev–Trinajstić information content (AvgIpc) is 2.28. The van der Waals surface area contributed by atoms with Gasteiger partial charge >= 0.3 is 0 Å². The summed E-state index contributed by atoms with van der Waals surface area (Å²) < 4.78 is 0. The van der Waals surface area contributed by atoms with Gasteiger partial charge in [-0.1, -0.05) is 24.3 Å². The number of anilines is 2. The van der Waals surface area contributed by atoms with E-state index in [9.17, 15) is 0 Å². The van der Waals surface area contributed by atoms with Gasteiger partial charge in [0.15, 0.2) is 0 Å². The first-order chi connectivity index (χ1) is 7.74. The van der Waals surface area contributed by atoms with Crippen LogP contribution in [-0.4, -0.2) is 0 Å². The first-order valence-corrected chi connectivity index (χ1v) is 5.48. The van der Waals surface area contributed by atoms with Gasteiger partial charge in [0.1, 0.15) is 0 Å². The van der Waals surface area contributed by atoms with Crippen molar-refractivity contribution < 1.29 is 0 Å². The second kappa shape index (κ2) is 3.27. The minimum absolute atomic E-state index is 1.15. The van der Waals surface area contributed by atoms with Crippen molar-refractivity contribution >= 4 is 11.4 Å².